The molecule has 0 aromatic rings. The number of hydrogen-bond acceptors (Lipinski definition) is 3. The van der Waals surface area contributed by atoms with Gasteiger partial charge in [-0.3, -0.25) is 9.69 Å². The normalized spacial score (nSPS) is 17.7. The van der Waals surface area contributed by atoms with E-state index in [4.69, 9.17) is 4.74 Å². The van der Waals surface area contributed by atoms with Crippen LogP contribution in [-0.2, 0) is 9.53 Å². The molecule has 0 unspecified atom stereocenters. The molecule has 1 aliphatic rings. The predicted molar refractivity (Wildman–Crippen MR) is 61.9 cm³/mol. The van der Waals surface area contributed by atoms with Crippen molar-refractivity contribution in [2.75, 3.05) is 39.4 Å². The van der Waals surface area contributed by atoms with Gasteiger partial charge in [0.2, 0.25) is 5.91 Å². The monoisotopic (exact) mass is 216 g/mol. The van der Waals surface area contributed by atoms with Gasteiger partial charge in [-0.2, -0.15) is 0 Å². The molecule has 4 nitrogen and oxygen atoms in total. The molecule has 1 amide bonds. The lowest BCUT2D eigenvalue weighted by atomic mass is 10.2. The fourth-order valence-electron chi connectivity index (χ4n) is 1.60. The molecule has 1 rings (SSSR count). The van der Waals surface area contributed by atoms with Gasteiger partial charge in [-0.15, -0.1) is 0 Å². The van der Waals surface area contributed by atoms with Crippen molar-refractivity contribution in [3.8, 4) is 0 Å². The molecule has 0 atom stereocenters. The fraction of sp³-hybridized carbons (Fsp3) is 0.909. The van der Waals surface area contributed by atoms with Crippen LogP contribution >= 0.6 is 0 Å². The highest BCUT2D eigenvalue weighted by Gasteiger charge is 2.09. The van der Waals surface area contributed by atoms with Crippen molar-refractivity contribution < 1.29 is 11.0 Å². The van der Waals surface area contributed by atoms with E-state index in [1.165, 1.54) is 0 Å². The number of morpholine rings is 1. The number of carbonyl (C=O) groups excluding carboxylic acids is 1. The molecule has 0 radical (unpaired) electrons. The average molecular weight is 216 g/mol. The molecule has 0 aliphatic carbocycles. The first-order valence-corrected chi connectivity index (χ1v) is 5.89. The third-order valence-electron chi connectivity index (χ3n) is 2.61. The smallest absolute Gasteiger partial charge is 0.220 e. The van der Waals surface area contributed by atoms with Crippen molar-refractivity contribution in [1.29, 1.82) is 0 Å². The Labute approximate surface area is 93.5 Å². The molecule has 1 N–H and O–H groups in total. The molecule has 0 saturated carbocycles. The second-order valence-electron chi connectivity index (χ2n) is 3.91. The summed E-state index contributed by atoms with van der Waals surface area (Å²) in [5.41, 5.74) is 0. The Hall–Kier alpha value is -0.610. The van der Waals surface area contributed by atoms with Gasteiger partial charge >= 0.3 is 0 Å². The number of amides is 1. The van der Waals surface area contributed by atoms with E-state index in [1.54, 1.807) is 0 Å². The van der Waals surface area contributed by atoms with Crippen LogP contribution in [0.1, 0.15) is 27.6 Å². The summed E-state index contributed by atoms with van der Waals surface area (Å²) in [5.74, 6) is 0.185. The Morgan fingerprint density at radius 2 is 2.20 bits per heavy atom. The molecule has 0 aromatic heterocycles. The zero-order valence-corrected chi connectivity index (χ0v) is 9.63. The third kappa shape index (κ3) is 5.74. The van der Waals surface area contributed by atoms with Gasteiger partial charge in [0.1, 0.15) is 0 Å². The molecular formula is C11H24N2O2. The Morgan fingerprint density at radius 1 is 1.47 bits per heavy atom. The SMILES string of the molecule is CCCCC(=O)NCCN1CCOCC1.[HH]. The van der Waals surface area contributed by atoms with Crippen molar-refractivity contribution in [2.45, 2.75) is 26.2 Å². The predicted octanol–water partition coefficient (Wildman–Crippen LogP) is 0.871. The first-order chi connectivity index (χ1) is 7.33. The van der Waals surface area contributed by atoms with Gasteiger partial charge < -0.3 is 10.1 Å². The van der Waals surface area contributed by atoms with E-state index in [2.05, 4.69) is 17.1 Å². The highest BCUT2D eigenvalue weighted by molar-refractivity contribution is 5.75. The van der Waals surface area contributed by atoms with Gasteiger partial charge in [0.05, 0.1) is 13.2 Å². The minimum Gasteiger partial charge on any atom is -0.379 e. The van der Waals surface area contributed by atoms with Crippen molar-refractivity contribution in [1.82, 2.24) is 10.2 Å². The van der Waals surface area contributed by atoms with Gasteiger partial charge in [-0.25, -0.2) is 0 Å². The molecule has 1 fully saturated rings. The van der Waals surface area contributed by atoms with Gasteiger partial charge in [-0.05, 0) is 6.42 Å². The van der Waals surface area contributed by atoms with Crippen LogP contribution in [0.25, 0.3) is 0 Å². The summed E-state index contributed by atoms with van der Waals surface area (Å²) in [6, 6.07) is 0. The summed E-state index contributed by atoms with van der Waals surface area (Å²) < 4.78 is 5.25. The zero-order valence-electron chi connectivity index (χ0n) is 9.63. The number of unbranched alkanes of at least 4 members (excludes halogenated alkanes) is 1. The maximum Gasteiger partial charge on any atom is 0.220 e. The summed E-state index contributed by atoms with van der Waals surface area (Å²) in [4.78, 5) is 13.6. The highest BCUT2D eigenvalue weighted by atomic mass is 16.5. The minimum atomic E-state index is 0. The Morgan fingerprint density at radius 3 is 2.87 bits per heavy atom. The van der Waals surface area contributed by atoms with Crippen LogP contribution in [0.2, 0.25) is 0 Å². The van der Waals surface area contributed by atoms with Gasteiger partial charge in [0.15, 0.2) is 0 Å². The van der Waals surface area contributed by atoms with E-state index in [1.807, 2.05) is 0 Å². The van der Waals surface area contributed by atoms with Gasteiger partial charge in [0.25, 0.3) is 0 Å². The number of rotatable bonds is 6. The van der Waals surface area contributed by atoms with Gasteiger partial charge in [0, 0.05) is 34.0 Å². The van der Waals surface area contributed by atoms with E-state index >= 15 is 0 Å². The number of nitrogens with zero attached hydrogens (tertiary/aromatic N) is 1. The Kier molecular flexibility index (Phi) is 6.36. The molecule has 0 bridgehead atoms. The summed E-state index contributed by atoms with van der Waals surface area (Å²) >= 11 is 0. The van der Waals surface area contributed by atoms with Crippen LogP contribution in [0, 0.1) is 0 Å². The lowest BCUT2D eigenvalue weighted by Crippen LogP contribution is -2.41. The summed E-state index contributed by atoms with van der Waals surface area (Å²) in [5, 5.41) is 2.94. The molecule has 0 aromatic carbocycles. The standard InChI is InChI=1S/C11H22N2O2.H2/c1-2-3-4-11(14)12-5-6-13-7-9-15-10-8-13;/h2-10H2,1H3,(H,12,14);1H. The van der Waals surface area contributed by atoms with Crippen LogP contribution in [0.15, 0.2) is 0 Å². The van der Waals surface area contributed by atoms with Gasteiger partial charge in [-0.1, -0.05) is 13.3 Å². The second kappa shape index (κ2) is 7.65. The molecule has 1 heterocycles. The first kappa shape index (κ1) is 12.5. The summed E-state index contributed by atoms with van der Waals surface area (Å²) in [7, 11) is 0. The quantitative estimate of drug-likeness (QED) is 0.716. The van der Waals surface area contributed by atoms with Crippen LogP contribution in [0.5, 0.6) is 0 Å². The van der Waals surface area contributed by atoms with E-state index in [0.717, 1.165) is 52.2 Å². The maximum atomic E-state index is 11.3. The lowest BCUT2D eigenvalue weighted by Gasteiger charge is -2.26. The molecule has 15 heavy (non-hydrogen) atoms. The number of hydrogen-bond donors (Lipinski definition) is 1. The maximum absolute atomic E-state index is 11.3. The van der Waals surface area contributed by atoms with E-state index in [9.17, 15) is 4.79 Å². The van der Waals surface area contributed by atoms with Crippen molar-refractivity contribution in [3.63, 3.8) is 0 Å². The van der Waals surface area contributed by atoms with E-state index in [-0.39, 0.29) is 7.33 Å². The Balaban J connectivity index is 0.00000225. The number of carbonyl (C=O) groups is 1. The molecule has 1 saturated heterocycles. The third-order valence-corrected chi connectivity index (χ3v) is 2.61. The zero-order chi connectivity index (χ0) is 10.9. The van der Waals surface area contributed by atoms with E-state index < -0.39 is 0 Å². The fourth-order valence-corrected chi connectivity index (χ4v) is 1.60. The van der Waals surface area contributed by atoms with Crippen molar-refractivity contribution in [2.24, 2.45) is 0 Å². The average Bonchev–Trinajstić information content (AvgIpc) is 2.28. The molecule has 90 valence electrons. The van der Waals surface area contributed by atoms with E-state index in [0.29, 0.717) is 6.42 Å². The van der Waals surface area contributed by atoms with Crippen LogP contribution in [0.3, 0.4) is 0 Å². The second-order valence-corrected chi connectivity index (χ2v) is 3.91. The highest BCUT2D eigenvalue weighted by Crippen LogP contribution is 1.96. The lowest BCUT2D eigenvalue weighted by molar-refractivity contribution is -0.121. The summed E-state index contributed by atoms with van der Waals surface area (Å²) in [6.07, 6.45) is 2.74. The van der Waals surface area contributed by atoms with Crippen LogP contribution < -0.4 is 5.32 Å². The van der Waals surface area contributed by atoms with Crippen molar-refractivity contribution >= 4 is 5.91 Å². The largest absolute Gasteiger partial charge is 0.379 e. The molecular weight excluding hydrogens is 192 g/mol. The number of ether oxygens (including phenoxy) is 1. The van der Waals surface area contributed by atoms with Crippen LogP contribution in [-0.4, -0.2) is 50.2 Å². The Bertz CT molecular complexity index is 185. The molecule has 0 spiro atoms. The van der Waals surface area contributed by atoms with Crippen molar-refractivity contribution in [3.05, 3.63) is 0 Å². The molecule has 1 aliphatic heterocycles. The minimum absolute atomic E-state index is 0. The topological polar surface area (TPSA) is 41.6 Å². The first-order valence-electron chi connectivity index (χ1n) is 5.89. The number of nitrogens with one attached hydrogen (secondary N) is 1. The van der Waals surface area contributed by atoms with Crippen LogP contribution in [0.4, 0.5) is 0 Å². The molecule has 4 heteroatoms. The summed E-state index contributed by atoms with van der Waals surface area (Å²) in [6.45, 7) is 7.44.